The van der Waals surface area contributed by atoms with Crippen molar-refractivity contribution in [3.05, 3.63) is 17.5 Å². The maximum atomic E-state index is 12.4. The minimum atomic E-state index is -3.50. The van der Waals surface area contributed by atoms with E-state index in [1.165, 1.54) is 20.5 Å². The zero-order valence-electron chi connectivity index (χ0n) is 10.4. The molecule has 3 rings (SSSR count). The zero-order valence-corrected chi connectivity index (χ0v) is 12.8. The molecule has 2 fully saturated rings. The van der Waals surface area contributed by atoms with Crippen LogP contribution in [0.3, 0.4) is 0 Å². The Balaban J connectivity index is 1.77. The number of sulfonamides is 1. The molecule has 0 bridgehead atoms. The minimum absolute atomic E-state index is 0.160. The number of rotatable bonds is 3. The van der Waals surface area contributed by atoms with Gasteiger partial charge in [-0.3, -0.25) is 14.5 Å². The number of carbonyl (C=O) groups is 2. The van der Waals surface area contributed by atoms with Crippen LogP contribution in [0.4, 0.5) is 4.79 Å². The van der Waals surface area contributed by atoms with E-state index in [0.717, 1.165) is 11.8 Å². The topological polar surface area (TPSA) is 74.8 Å². The molecular weight excluding hydrogens is 320 g/mol. The average molecular weight is 332 g/mol. The molecule has 1 unspecified atom stereocenters. The predicted molar refractivity (Wildman–Crippen MR) is 76.2 cm³/mol. The number of hydrogen-bond donors (Lipinski definition) is 0. The fourth-order valence-electron chi connectivity index (χ4n) is 2.39. The number of thiophene rings is 1. The average Bonchev–Trinajstić information content (AvgIpc) is 3.10. The van der Waals surface area contributed by atoms with Crippen LogP contribution >= 0.6 is 23.1 Å². The molecule has 2 saturated heterocycles. The Morgan fingerprint density at radius 2 is 2.10 bits per heavy atom. The second-order valence-corrected chi connectivity index (χ2v) is 8.60. The molecule has 0 aliphatic carbocycles. The highest BCUT2D eigenvalue weighted by Crippen LogP contribution is 2.30. The summed E-state index contributed by atoms with van der Waals surface area (Å²) in [6, 6.07) is 2.92. The summed E-state index contributed by atoms with van der Waals surface area (Å²) in [7, 11) is -3.50. The van der Waals surface area contributed by atoms with Gasteiger partial charge in [0.05, 0.1) is 11.8 Å². The van der Waals surface area contributed by atoms with Crippen LogP contribution in [-0.4, -0.2) is 53.7 Å². The van der Waals surface area contributed by atoms with Crippen molar-refractivity contribution in [2.24, 2.45) is 0 Å². The maximum Gasteiger partial charge on any atom is 0.289 e. The molecule has 1 aromatic heterocycles. The van der Waals surface area contributed by atoms with Crippen molar-refractivity contribution in [2.45, 2.75) is 16.7 Å². The molecule has 3 heterocycles. The van der Waals surface area contributed by atoms with Gasteiger partial charge in [-0.1, -0.05) is 17.8 Å². The van der Waals surface area contributed by atoms with E-state index in [9.17, 15) is 18.0 Å². The first kappa shape index (κ1) is 14.1. The van der Waals surface area contributed by atoms with Gasteiger partial charge in [-0.15, -0.1) is 11.3 Å². The number of nitrogens with zero attached hydrogens (tertiary/aromatic N) is 2. The lowest BCUT2D eigenvalue weighted by Gasteiger charge is -2.21. The van der Waals surface area contributed by atoms with Crippen LogP contribution in [0.2, 0.25) is 0 Å². The first-order valence-corrected chi connectivity index (χ1v) is 9.33. The molecule has 1 atom stereocenters. The zero-order chi connectivity index (χ0) is 14.3. The summed E-state index contributed by atoms with van der Waals surface area (Å²) < 4.78 is 26.4. The fourth-order valence-corrected chi connectivity index (χ4v) is 5.81. The molecule has 0 aromatic carbocycles. The van der Waals surface area contributed by atoms with Crippen LogP contribution in [0, 0.1) is 0 Å². The minimum Gasteiger partial charge on any atom is -0.273 e. The standard InChI is InChI=1S/C11H12N2O4S3/c14-9-7-19-11(15)13(9)8-3-4-12(6-8)20(16,17)10-2-1-5-18-10/h1-2,5,8H,3-4,6-7H2. The van der Waals surface area contributed by atoms with E-state index in [1.807, 2.05) is 0 Å². The molecule has 108 valence electrons. The van der Waals surface area contributed by atoms with Crippen molar-refractivity contribution in [1.82, 2.24) is 9.21 Å². The van der Waals surface area contributed by atoms with Gasteiger partial charge in [0, 0.05) is 13.1 Å². The number of imide groups is 1. The molecule has 0 spiro atoms. The van der Waals surface area contributed by atoms with Crippen molar-refractivity contribution in [3.8, 4) is 0 Å². The Hall–Kier alpha value is -0.900. The van der Waals surface area contributed by atoms with Crippen molar-refractivity contribution < 1.29 is 18.0 Å². The highest BCUT2D eigenvalue weighted by molar-refractivity contribution is 8.14. The van der Waals surface area contributed by atoms with Crippen molar-refractivity contribution >= 4 is 44.3 Å². The third kappa shape index (κ3) is 2.28. The Morgan fingerprint density at radius 3 is 2.70 bits per heavy atom. The summed E-state index contributed by atoms with van der Waals surface area (Å²) in [6.07, 6.45) is 0.503. The van der Waals surface area contributed by atoms with Crippen molar-refractivity contribution in [2.75, 3.05) is 18.8 Å². The van der Waals surface area contributed by atoms with Gasteiger partial charge in [-0.05, 0) is 17.9 Å². The van der Waals surface area contributed by atoms with Crippen LogP contribution < -0.4 is 0 Å². The molecule has 2 amide bonds. The first-order valence-electron chi connectivity index (χ1n) is 6.02. The van der Waals surface area contributed by atoms with Gasteiger partial charge >= 0.3 is 0 Å². The molecule has 6 nitrogen and oxygen atoms in total. The van der Waals surface area contributed by atoms with Gasteiger partial charge in [-0.2, -0.15) is 4.31 Å². The Bertz CT molecular complexity index is 625. The summed E-state index contributed by atoms with van der Waals surface area (Å²) >= 11 is 2.15. The first-order chi connectivity index (χ1) is 9.50. The van der Waals surface area contributed by atoms with Gasteiger partial charge in [0.15, 0.2) is 0 Å². The molecule has 0 saturated carbocycles. The van der Waals surface area contributed by atoms with Crippen molar-refractivity contribution in [3.63, 3.8) is 0 Å². The highest BCUT2D eigenvalue weighted by atomic mass is 32.2. The molecule has 0 N–H and O–H groups in total. The molecular formula is C11H12N2O4S3. The Morgan fingerprint density at radius 1 is 1.30 bits per heavy atom. The van der Waals surface area contributed by atoms with E-state index < -0.39 is 10.0 Å². The Labute approximate surface area is 124 Å². The second kappa shape index (κ2) is 5.14. The lowest BCUT2D eigenvalue weighted by molar-refractivity contribution is -0.126. The highest BCUT2D eigenvalue weighted by Gasteiger charge is 2.42. The number of thioether (sulfide) groups is 1. The summed E-state index contributed by atoms with van der Waals surface area (Å²) in [6.45, 7) is 0.533. The van der Waals surface area contributed by atoms with Crippen LogP contribution in [0.15, 0.2) is 21.7 Å². The van der Waals surface area contributed by atoms with Crippen LogP contribution in [-0.2, 0) is 14.8 Å². The molecule has 2 aliphatic heterocycles. The normalized spacial score (nSPS) is 24.8. The number of carbonyl (C=O) groups excluding carboxylic acids is 2. The number of amides is 2. The monoisotopic (exact) mass is 332 g/mol. The van der Waals surface area contributed by atoms with E-state index in [1.54, 1.807) is 17.5 Å². The molecule has 2 aliphatic rings. The maximum absolute atomic E-state index is 12.4. The van der Waals surface area contributed by atoms with Crippen molar-refractivity contribution in [1.29, 1.82) is 0 Å². The van der Waals surface area contributed by atoms with E-state index in [2.05, 4.69) is 0 Å². The molecule has 1 aromatic rings. The smallest absolute Gasteiger partial charge is 0.273 e. The molecule has 0 radical (unpaired) electrons. The summed E-state index contributed by atoms with van der Waals surface area (Å²) in [5.41, 5.74) is 0. The predicted octanol–water partition coefficient (Wildman–Crippen LogP) is 1.21. The second-order valence-electron chi connectivity index (χ2n) is 4.56. The fraction of sp³-hybridized carbons (Fsp3) is 0.455. The Kier molecular flexibility index (Phi) is 3.61. The lowest BCUT2D eigenvalue weighted by atomic mass is 10.2. The largest absolute Gasteiger partial charge is 0.289 e. The summed E-state index contributed by atoms with van der Waals surface area (Å²) in [4.78, 5) is 24.6. The summed E-state index contributed by atoms with van der Waals surface area (Å²) in [5, 5.41) is 1.44. The van der Waals surface area contributed by atoms with Gasteiger partial charge in [-0.25, -0.2) is 8.42 Å². The third-order valence-corrected chi connectivity index (χ3v) is 7.44. The van der Waals surface area contributed by atoms with Gasteiger partial charge in [0.25, 0.3) is 15.3 Å². The van der Waals surface area contributed by atoms with Crippen LogP contribution in [0.1, 0.15) is 6.42 Å². The van der Waals surface area contributed by atoms with E-state index in [4.69, 9.17) is 0 Å². The molecule has 9 heteroatoms. The van der Waals surface area contributed by atoms with Gasteiger partial charge in [0.1, 0.15) is 4.21 Å². The quantitative estimate of drug-likeness (QED) is 0.831. The SMILES string of the molecule is O=C1CSC(=O)N1C1CCN(S(=O)(=O)c2cccs2)C1. The van der Waals surface area contributed by atoms with E-state index in [0.29, 0.717) is 17.2 Å². The van der Waals surface area contributed by atoms with Gasteiger partial charge in [0.2, 0.25) is 5.91 Å². The third-order valence-electron chi connectivity index (χ3n) is 3.36. The van der Waals surface area contributed by atoms with Crippen LogP contribution in [0.25, 0.3) is 0 Å². The number of hydrogen-bond acceptors (Lipinski definition) is 6. The molecule has 20 heavy (non-hydrogen) atoms. The summed E-state index contributed by atoms with van der Waals surface area (Å²) in [5.74, 6) is -0.0621. The van der Waals surface area contributed by atoms with Crippen LogP contribution in [0.5, 0.6) is 0 Å². The van der Waals surface area contributed by atoms with E-state index >= 15 is 0 Å². The van der Waals surface area contributed by atoms with Gasteiger partial charge < -0.3 is 0 Å². The lowest BCUT2D eigenvalue weighted by Crippen LogP contribution is -2.41. The van der Waals surface area contributed by atoms with E-state index in [-0.39, 0.29) is 29.5 Å².